The average Bonchev–Trinajstić information content (AvgIpc) is 2.68. The van der Waals surface area contributed by atoms with Gasteiger partial charge in [-0.1, -0.05) is 19.1 Å². The first kappa shape index (κ1) is 20.3. The fraction of sp³-hybridized carbons (Fsp3) is 0.238. The van der Waals surface area contributed by atoms with Crippen LogP contribution in [0.3, 0.4) is 0 Å². The molecule has 3 rings (SSSR count). The highest BCUT2D eigenvalue weighted by molar-refractivity contribution is 5.95. The maximum Gasteiger partial charge on any atom is 0.387 e. The van der Waals surface area contributed by atoms with Crippen LogP contribution in [0.4, 0.5) is 14.5 Å². The first-order valence-corrected chi connectivity index (χ1v) is 8.95. The van der Waals surface area contributed by atoms with Gasteiger partial charge in [0, 0.05) is 17.5 Å². The molecule has 1 heterocycles. The Kier molecular flexibility index (Phi) is 6.11. The predicted molar refractivity (Wildman–Crippen MR) is 104 cm³/mol. The largest absolute Gasteiger partial charge is 0.481 e. The summed E-state index contributed by atoms with van der Waals surface area (Å²) in [5, 5.41) is 3.29. The van der Waals surface area contributed by atoms with Crippen molar-refractivity contribution >= 4 is 22.6 Å². The van der Waals surface area contributed by atoms with Crippen molar-refractivity contribution in [3.63, 3.8) is 0 Å². The quantitative estimate of drug-likeness (QED) is 0.593. The molecule has 8 heteroatoms. The van der Waals surface area contributed by atoms with Crippen LogP contribution in [-0.2, 0) is 11.2 Å². The second kappa shape index (κ2) is 8.72. The normalized spacial score (nSPS) is 12.0. The second-order valence-corrected chi connectivity index (χ2v) is 6.23. The van der Waals surface area contributed by atoms with Crippen LogP contribution in [0.25, 0.3) is 11.0 Å². The van der Waals surface area contributed by atoms with E-state index in [1.54, 1.807) is 18.2 Å². The van der Waals surface area contributed by atoms with Crippen molar-refractivity contribution in [2.45, 2.75) is 33.0 Å². The first-order valence-electron chi connectivity index (χ1n) is 8.95. The number of anilines is 1. The Morgan fingerprint density at radius 1 is 1.14 bits per heavy atom. The van der Waals surface area contributed by atoms with E-state index in [0.717, 1.165) is 10.9 Å². The van der Waals surface area contributed by atoms with E-state index in [-0.39, 0.29) is 11.4 Å². The molecule has 0 saturated carbocycles. The van der Waals surface area contributed by atoms with Gasteiger partial charge in [0.25, 0.3) is 5.91 Å². The summed E-state index contributed by atoms with van der Waals surface area (Å²) >= 11 is 0. The molecule has 1 N–H and O–H groups in total. The number of nitrogens with one attached hydrogen (secondary N) is 1. The Labute approximate surface area is 165 Å². The summed E-state index contributed by atoms with van der Waals surface area (Å²) in [6.07, 6.45) is -0.283. The molecule has 0 spiro atoms. The molecule has 1 aromatic heterocycles. The summed E-state index contributed by atoms with van der Waals surface area (Å²) in [6, 6.07) is 12.3. The summed E-state index contributed by atoms with van der Waals surface area (Å²) in [7, 11) is 0. The Morgan fingerprint density at radius 3 is 2.62 bits per heavy atom. The molecule has 6 nitrogen and oxygen atoms in total. The van der Waals surface area contributed by atoms with Crippen molar-refractivity contribution in [2.24, 2.45) is 0 Å². The van der Waals surface area contributed by atoms with Crippen LogP contribution in [0.1, 0.15) is 19.4 Å². The maximum atomic E-state index is 12.5. The zero-order valence-electron chi connectivity index (χ0n) is 15.8. The van der Waals surface area contributed by atoms with Gasteiger partial charge in [-0.25, -0.2) is 4.79 Å². The number of rotatable bonds is 7. The van der Waals surface area contributed by atoms with Crippen LogP contribution in [0.5, 0.6) is 11.5 Å². The third-order valence-corrected chi connectivity index (χ3v) is 4.23. The maximum absolute atomic E-state index is 12.5. The lowest BCUT2D eigenvalue weighted by atomic mass is 10.1. The van der Waals surface area contributed by atoms with Gasteiger partial charge in [0.15, 0.2) is 6.10 Å². The van der Waals surface area contributed by atoms with Crippen LogP contribution in [0.15, 0.2) is 57.7 Å². The molecule has 0 bridgehead atoms. The lowest BCUT2D eigenvalue weighted by molar-refractivity contribution is -0.122. The monoisotopic (exact) mass is 403 g/mol. The van der Waals surface area contributed by atoms with E-state index in [1.165, 1.54) is 37.3 Å². The summed E-state index contributed by atoms with van der Waals surface area (Å²) in [5.74, 6) is -0.379. The smallest absolute Gasteiger partial charge is 0.387 e. The number of ether oxygens (including phenoxy) is 2. The number of halogens is 2. The van der Waals surface area contributed by atoms with E-state index < -0.39 is 24.2 Å². The van der Waals surface area contributed by atoms with Crippen LogP contribution < -0.4 is 20.4 Å². The van der Waals surface area contributed by atoms with E-state index in [4.69, 9.17) is 9.15 Å². The molecule has 0 aliphatic carbocycles. The molecular weight excluding hydrogens is 384 g/mol. The Hall–Kier alpha value is -3.42. The molecule has 1 atom stereocenters. The third-order valence-electron chi connectivity index (χ3n) is 4.23. The number of hydrogen-bond donors (Lipinski definition) is 1. The van der Waals surface area contributed by atoms with Crippen molar-refractivity contribution in [3.8, 4) is 11.5 Å². The van der Waals surface area contributed by atoms with Gasteiger partial charge in [-0.05, 0) is 43.2 Å². The molecule has 2 aromatic carbocycles. The topological polar surface area (TPSA) is 77.8 Å². The second-order valence-electron chi connectivity index (χ2n) is 6.23. The molecule has 1 unspecified atom stereocenters. The lowest BCUT2D eigenvalue weighted by Gasteiger charge is -2.17. The molecule has 0 radical (unpaired) electrons. The number of carbonyl (C=O) groups excluding carboxylic acids is 1. The minimum atomic E-state index is -3.01. The van der Waals surface area contributed by atoms with E-state index in [0.29, 0.717) is 17.8 Å². The minimum absolute atomic E-state index is 0.102. The number of carbonyl (C=O) groups is 1. The summed E-state index contributed by atoms with van der Waals surface area (Å²) < 4.78 is 40.2. The highest BCUT2D eigenvalue weighted by Crippen LogP contribution is 2.27. The van der Waals surface area contributed by atoms with Gasteiger partial charge in [0.05, 0.1) is 5.69 Å². The molecule has 29 heavy (non-hydrogen) atoms. The van der Waals surface area contributed by atoms with E-state index in [9.17, 15) is 18.4 Å². The Bertz CT molecular complexity index is 1080. The van der Waals surface area contributed by atoms with Crippen LogP contribution in [0.2, 0.25) is 0 Å². The van der Waals surface area contributed by atoms with Gasteiger partial charge < -0.3 is 19.2 Å². The summed E-state index contributed by atoms with van der Waals surface area (Å²) in [4.78, 5) is 24.1. The highest BCUT2D eigenvalue weighted by atomic mass is 19.3. The Morgan fingerprint density at radius 2 is 1.90 bits per heavy atom. The van der Waals surface area contributed by atoms with Crippen molar-refractivity contribution in [1.29, 1.82) is 0 Å². The average molecular weight is 403 g/mol. The molecular formula is C21H19F2NO5. The molecule has 1 amide bonds. The molecule has 152 valence electrons. The van der Waals surface area contributed by atoms with Crippen molar-refractivity contribution in [2.75, 3.05) is 5.32 Å². The zero-order valence-corrected chi connectivity index (χ0v) is 15.8. The van der Waals surface area contributed by atoms with E-state index in [1.807, 2.05) is 6.92 Å². The van der Waals surface area contributed by atoms with E-state index >= 15 is 0 Å². The number of aryl methyl sites for hydroxylation is 1. The highest BCUT2D eigenvalue weighted by Gasteiger charge is 2.18. The predicted octanol–water partition coefficient (Wildman–Crippen LogP) is 4.36. The van der Waals surface area contributed by atoms with Gasteiger partial charge in [0.2, 0.25) is 0 Å². The number of para-hydroxylation sites is 2. The van der Waals surface area contributed by atoms with Gasteiger partial charge >= 0.3 is 12.2 Å². The molecule has 0 saturated heterocycles. The van der Waals surface area contributed by atoms with Crippen LogP contribution >= 0.6 is 0 Å². The van der Waals surface area contributed by atoms with Crippen molar-refractivity contribution < 1.29 is 27.5 Å². The van der Waals surface area contributed by atoms with Crippen LogP contribution in [-0.4, -0.2) is 18.6 Å². The van der Waals surface area contributed by atoms with Crippen molar-refractivity contribution in [1.82, 2.24) is 0 Å². The number of amides is 1. The number of fused-ring (bicyclic) bond motifs is 1. The van der Waals surface area contributed by atoms with Crippen LogP contribution in [0, 0.1) is 0 Å². The van der Waals surface area contributed by atoms with Gasteiger partial charge in [-0.3, -0.25) is 4.79 Å². The molecule has 0 aliphatic rings. The summed E-state index contributed by atoms with van der Waals surface area (Å²) in [6.45, 7) is 0.428. The standard InChI is InChI=1S/C21H19F2NO5/c1-3-13-10-19(25)28-18-11-14(8-9-15(13)18)27-12(2)20(26)24-16-6-4-5-7-17(16)29-21(22)23/h4-12,21H,3H2,1-2H3,(H,24,26). The van der Waals surface area contributed by atoms with Gasteiger partial charge in [0.1, 0.15) is 17.1 Å². The minimum Gasteiger partial charge on any atom is -0.481 e. The van der Waals surface area contributed by atoms with Crippen molar-refractivity contribution in [3.05, 3.63) is 64.5 Å². The SMILES string of the molecule is CCc1cc(=O)oc2cc(OC(C)C(=O)Nc3ccccc3OC(F)F)ccc12. The number of alkyl halides is 2. The molecule has 3 aromatic rings. The zero-order chi connectivity index (χ0) is 21.0. The summed E-state index contributed by atoms with van der Waals surface area (Å²) in [5.41, 5.74) is 0.845. The van der Waals surface area contributed by atoms with E-state index in [2.05, 4.69) is 10.1 Å². The fourth-order valence-corrected chi connectivity index (χ4v) is 2.84. The fourth-order valence-electron chi connectivity index (χ4n) is 2.84. The molecule has 0 aliphatic heterocycles. The van der Waals surface area contributed by atoms with Gasteiger partial charge in [-0.15, -0.1) is 0 Å². The van der Waals surface area contributed by atoms with Gasteiger partial charge in [-0.2, -0.15) is 8.78 Å². The lowest BCUT2D eigenvalue weighted by Crippen LogP contribution is -2.30. The number of benzene rings is 2. The Balaban J connectivity index is 1.76. The third kappa shape index (κ3) is 4.90. The molecule has 0 fully saturated rings. The number of hydrogen-bond acceptors (Lipinski definition) is 5. The first-order chi connectivity index (χ1) is 13.9.